The second-order valence-electron chi connectivity index (χ2n) is 8.51. The Kier molecular flexibility index (Phi) is 9.01. The third-order valence-electron chi connectivity index (χ3n) is 5.93. The first-order valence-corrected chi connectivity index (χ1v) is 12.5. The van der Waals surface area contributed by atoms with E-state index in [0.29, 0.717) is 12.3 Å². The van der Waals surface area contributed by atoms with Crippen molar-refractivity contribution >= 4 is 23.6 Å². The molecule has 0 spiro atoms. The van der Waals surface area contributed by atoms with Gasteiger partial charge in [-0.3, -0.25) is 9.59 Å². The van der Waals surface area contributed by atoms with Crippen LogP contribution in [0.2, 0.25) is 0 Å². The summed E-state index contributed by atoms with van der Waals surface area (Å²) in [6.45, 7) is 4.37. The van der Waals surface area contributed by atoms with E-state index in [1.807, 2.05) is 37.3 Å². The number of amides is 2. The fourth-order valence-electron chi connectivity index (χ4n) is 3.95. The summed E-state index contributed by atoms with van der Waals surface area (Å²) in [4.78, 5) is 27.8. The Morgan fingerprint density at radius 3 is 2.35 bits per heavy atom. The van der Waals surface area contributed by atoms with Crippen LogP contribution in [0.15, 0.2) is 54.6 Å². The van der Waals surface area contributed by atoms with Crippen LogP contribution in [-0.4, -0.2) is 34.6 Å². The number of thioether (sulfide) groups is 1. The molecule has 1 aliphatic rings. The third kappa shape index (κ3) is 7.42. The quantitative estimate of drug-likeness (QED) is 0.593. The minimum atomic E-state index is -0.491. The molecular formula is C26H34N2O2S. The van der Waals surface area contributed by atoms with E-state index < -0.39 is 6.04 Å². The summed E-state index contributed by atoms with van der Waals surface area (Å²) in [5.41, 5.74) is 3.48. The lowest BCUT2D eigenvalue weighted by Gasteiger charge is -2.31. The molecule has 2 aromatic carbocycles. The zero-order chi connectivity index (χ0) is 22.1. The summed E-state index contributed by atoms with van der Waals surface area (Å²) in [5.74, 6) is 1.11. The zero-order valence-electron chi connectivity index (χ0n) is 18.7. The van der Waals surface area contributed by atoms with Crippen LogP contribution in [0, 0.1) is 6.92 Å². The Balaban J connectivity index is 1.61. The molecule has 0 radical (unpaired) electrons. The van der Waals surface area contributed by atoms with E-state index in [1.54, 1.807) is 16.7 Å². The van der Waals surface area contributed by atoms with E-state index in [1.165, 1.54) is 30.4 Å². The van der Waals surface area contributed by atoms with Gasteiger partial charge in [0.25, 0.3) is 0 Å². The maximum atomic E-state index is 13.2. The number of nitrogens with zero attached hydrogens (tertiary/aromatic N) is 1. The van der Waals surface area contributed by atoms with Gasteiger partial charge in [0.2, 0.25) is 11.8 Å². The van der Waals surface area contributed by atoms with Crippen molar-refractivity contribution in [2.75, 3.05) is 5.75 Å². The van der Waals surface area contributed by atoms with E-state index in [4.69, 9.17) is 0 Å². The summed E-state index contributed by atoms with van der Waals surface area (Å²) in [6.07, 6.45) is 5.66. The minimum Gasteiger partial charge on any atom is -0.352 e. The lowest BCUT2D eigenvalue weighted by molar-refractivity contribution is -0.139. The van der Waals surface area contributed by atoms with E-state index in [-0.39, 0.29) is 17.9 Å². The normalized spacial score (nSPS) is 15.3. The van der Waals surface area contributed by atoms with Crippen molar-refractivity contribution in [2.24, 2.45) is 0 Å². The highest BCUT2D eigenvalue weighted by Crippen LogP contribution is 2.19. The van der Waals surface area contributed by atoms with Crippen molar-refractivity contribution in [3.8, 4) is 0 Å². The fraction of sp³-hybridized carbons (Fsp3) is 0.462. The lowest BCUT2D eigenvalue weighted by Crippen LogP contribution is -2.50. The summed E-state index contributed by atoms with van der Waals surface area (Å²) >= 11 is 1.60. The average molecular weight is 439 g/mol. The molecule has 1 unspecified atom stereocenters. The van der Waals surface area contributed by atoms with Crippen LogP contribution < -0.4 is 5.32 Å². The van der Waals surface area contributed by atoms with Gasteiger partial charge in [-0.15, -0.1) is 11.8 Å². The summed E-state index contributed by atoms with van der Waals surface area (Å²) < 4.78 is 0. The number of carbonyl (C=O) groups excluding carboxylic acids is 2. The number of benzene rings is 2. The number of carbonyl (C=O) groups is 2. The highest BCUT2D eigenvalue weighted by Gasteiger charge is 2.27. The molecule has 0 heterocycles. The highest BCUT2D eigenvalue weighted by atomic mass is 32.2. The molecule has 2 aromatic rings. The summed E-state index contributed by atoms with van der Waals surface area (Å²) in [6, 6.07) is 18.1. The third-order valence-corrected chi connectivity index (χ3v) is 6.92. The summed E-state index contributed by atoms with van der Waals surface area (Å²) in [5, 5.41) is 3.19. The molecule has 0 aromatic heterocycles. The van der Waals surface area contributed by atoms with E-state index in [2.05, 4.69) is 36.5 Å². The van der Waals surface area contributed by atoms with Gasteiger partial charge >= 0.3 is 0 Å². The van der Waals surface area contributed by atoms with Crippen LogP contribution in [0.25, 0.3) is 0 Å². The first-order chi connectivity index (χ1) is 15.0. The molecule has 1 aliphatic carbocycles. The van der Waals surface area contributed by atoms with Gasteiger partial charge in [0.15, 0.2) is 0 Å². The molecule has 5 heteroatoms. The van der Waals surface area contributed by atoms with Gasteiger partial charge in [-0.25, -0.2) is 0 Å². The van der Waals surface area contributed by atoms with Gasteiger partial charge < -0.3 is 10.2 Å². The van der Waals surface area contributed by atoms with E-state index >= 15 is 0 Å². The van der Waals surface area contributed by atoms with Crippen LogP contribution in [-0.2, 0) is 21.9 Å². The molecule has 0 aliphatic heterocycles. The summed E-state index contributed by atoms with van der Waals surface area (Å²) in [7, 11) is 0. The van der Waals surface area contributed by atoms with E-state index in [0.717, 1.165) is 24.2 Å². The van der Waals surface area contributed by atoms with Crippen LogP contribution in [0.1, 0.15) is 55.7 Å². The van der Waals surface area contributed by atoms with Crippen molar-refractivity contribution in [1.29, 1.82) is 0 Å². The number of hydrogen-bond acceptors (Lipinski definition) is 3. The molecule has 1 fully saturated rings. The topological polar surface area (TPSA) is 49.4 Å². The van der Waals surface area contributed by atoms with Crippen molar-refractivity contribution < 1.29 is 9.59 Å². The average Bonchev–Trinajstić information content (AvgIpc) is 2.79. The highest BCUT2D eigenvalue weighted by molar-refractivity contribution is 7.99. The molecule has 31 heavy (non-hydrogen) atoms. The Hall–Kier alpha value is -2.27. The minimum absolute atomic E-state index is 0.00672. The van der Waals surface area contributed by atoms with Gasteiger partial charge in [-0.2, -0.15) is 0 Å². The SMILES string of the molecule is Cc1ccc(CSCC(=O)N(Cc2ccccc2)C(C)C(=O)NC2CCCCC2)cc1. The van der Waals surface area contributed by atoms with Crippen LogP contribution in [0.5, 0.6) is 0 Å². The Bertz CT molecular complexity index is 832. The number of nitrogens with one attached hydrogen (secondary N) is 1. The molecule has 4 nitrogen and oxygen atoms in total. The molecule has 166 valence electrons. The van der Waals surface area contributed by atoms with Gasteiger partial charge in [0.05, 0.1) is 5.75 Å². The first kappa shape index (κ1) is 23.4. The predicted octanol–water partition coefficient (Wildman–Crippen LogP) is 5.09. The molecule has 1 atom stereocenters. The predicted molar refractivity (Wildman–Crippen MR) is 129 cm³/mol. The van der Waals surface area contributed by atoms with Gasteiger partial charge in [0, 0.05) is 18.3 Å². The van der Waals surface area contributed by atoms with Crippen molar-refractivity contribution in [3.63, 3.8) is 0 Å². The Labute approximate surface area is 190 Å². The van der Waals surface area contributed by atoms with Crippen molar-refractivity contribution in [2.45, 2.75) is 70.3 Å². The lowest BCUT2D eigenvalue weighted by atomic mass is 9.95. The number of hydrogen-bond donors (Lipinski definition) is 1. The van der Waals surface area contributed by atoms with Gasteiger partial charge in [-0.05, 0) is 37.8 Å². The van der Waals surface area contributed by atoms with Crippen LogP contribution in [0.3, 0.4) is 0 Å². The number of rotatable bonds is 9. The molecule has 3 rings (SSSR count). The fourth-order valence-corrected chi connectivity index (χ4v) is 4.83. The molecular weight excluding hydrogens is 404 g/mol. The van der Waals surface area contributed by atoms with Crippen molar-refractivity contribution in [3.05, 3.63) is 71.3 Å². The maximum absolute atomic E-state index is 13.2. The smallest absolute Gasteiger partial charge is 0.242 e. The van der Waals surface area contributed by atoms with Gasteiger partial charge in [-0.1, -0.05) is 79.4 Å². The van der Waals surface area contributed by atoms with E-state index in [9.17, 15) is 9.59 Å². The number of aryl methyl sites for hydroxylation is 1. The molecule has 0 saturated heterocycles. The molecule has 1 N–H and O–H groups in total. The second kappa shape index (κ2) is 11.9. The monoisotopic (exact) mass is 438 g/mol. The maximum Gasteiger partial charge on any atom is 0.242 e. The first-order valence-electron chi connectivity index (χ1n) is 11.3. The largest absolute Gasteiger partial charge is 0.352 e. The second-order valence-corrected chi connectivity index (χ2v) is 9.49. The zero-order valence-corrected chi connectivity index (χ0v) is 19.5. The van der Waals surface area contributed by atoms with Crippen LogP contribution in [0.4, 0.5) is 0 Å². The van der Waals surface area contributed by atoms with Gasteiger partial charge in [0.1, 0.15) is 6.04 Å². The van der Waals surface area contributed by atoms with Crippen molar-refractivity contribution in [1.82, 2.24) is 10.2 Å². The Morgan fingerprint density at radius 1 is 1.00 bits per heavy atom. The standard InChI is InChI=1S/C26H34N2O2S/c1-20-13-15-23(16-14-20)18-31-19-25(29)28(17-22-9-5-3-6-10-22)21(2)26(30)27-24-11-7-4-8-12-24/h3,5-6,9-10,13-16,21,24H,4,7-8,11-12,17-19H2,1-2H3,(H,27,30). The van der Waals surface area contributed by atoms with Crippen LogP contribution >= 0.6 is 11.8 Å². The molecule has 1 saturated carbocycles. The molecule has 2 amide bonds. The Morgan fingerprint density at radius 2 is 1.68 bits per heavy atom. The molecule has 0 bridgehead atoms.